The van der Waals surface area contributed by atoms with E-state index in [4.69, 9.17) is 9.26 Å². The van der Waals surface area contributed by atoms with Crippen LogP contribution in [-0.4, -0.2) is 25.7 Å². The van der Waals surface area contributed by atoms with Crippen LogP contribution in [0.25, 0.3) is 0 Å². The van der Waals surface area contributed by atoms with E-state index in [-0.39, 0.29) is 23.0 Å². The third-order valence-corrected chi connectivity index (χ3v) is 4.32. The van der Waals surface area contributed by atoms with Crippen LogP contribution in [-0.2, 0) is 16.6 Å². The molecule has 0 bridgehead atoms. The minimum atomic E-state index is -3.74. The van der Waals surface area contributed by atoms with Gasteiger partial charge >= 0.3 is 0 Å². The Balaban J connectivity index is 2.24. The molecule has 1 N–H and O–H groups in total. The molecule has 0 spiro atoms. The number of hydrogen-bond donors (Lipinski definition) is 1. The second-order valence-electron chi connectivity index (χ2n) is 3.85. The van der Waals surface area contributed by atoms with Gasteiger partial charge in [-0.15, -0.1) is 0 Å². The van der Waals surface area contributed by atoms with E-state index < -0.39 is 10.0 Å². The molecule has 20 heavy (non-hydrogen) atoms. The van der Waals surface area contributed by atoms with Crippen molar-refractivity contribution in [2.24, 2.45) is 0 Å². The fourth-order valence-electron chi connectivity index (χ4n) is 1.51. The van der Waals surface area contributed by atoms with Gasteiger partial charge in [0.1, 0.15) is 10.6 Å². The molecule has 2 rings (SSSR count). The summed E-state index contributed by atoms with van der Waals surface area (Å²) in [5.41, 5.74) is 0. The summed E-state index contributed by atoms with van der Waals surface area (Å²) in [5, 5.41) is 3.62. The Morgan fingerprint density at radius 2 is 2.20 bits per heavy atom. The summed E-state index contributed by atoms with van der Waals surface area (Å²) in [6.45, 7) is 1.57. The van der Waals surface area contributed by atoms with Gasteiger partial charge in [-0.1, -0.05) is 21.1 Å². The summed E-state index contributed by atoms with van der Waals surface area (Å²) in [6, 6.07) is 4.72. The molecule has 0 atom stereocenters. The van der Waals surface area contributed by atoms with Crippen LogP contribution < -0.4 is 9.46 Å². The number of benzene rings is 1. The van der Waals surface area contributed by atoms with Gasteiger partial charge < -0.3 is 9.26 Å². The molecule has 0 aliphatic rings. The Morgan fingerprint density at radius 3 is 2.80 bits per heavy atom. The summed E-state index contributed by atoms with van der Waals surface area (Å²) in [6.07, 6.45) is 0. The van der Waals surface area contributed by atoms with E-state index >= 15 is 0 Å². The Kier molecular flexibility index (Phi) is 4.41. The molecule has 0 fully saturated rings. The van der Waals surface area contributed by atoms with Gasteiger partial charge in [0.2, 0.25) is 15.9 Å². The zero-order chi connectivity index (χ0) is 14.8. The molecule has 0 saturated carbocycles. The quantitative estimate of drug-likeness (QED) is 0.869. The summed E-state index contributed by atoms with van der Waals surface area (Å²) >= 11 is 3.23. The SMILES string of the molecule is COc1ccc(Br)cc1S(=O)(=O)NCc1noc(C)n1. The number of sulfonamides is 1. The van der Waals surface area contributed by atoms with E-state index in [1.165, 1.54) is 13.2 Å². The monoisotopic (exact) mass is 361 g/mol. The predicted molar refractivity (Wildman–Crippen MR) is 73.8 cm³/mol. The molecule has 1 aromatic heterocycles. The van der Waals surface area contributed by atoms with Gasteiger partial charge in [0.05, 0.1) is 13.7 Å². The molecule has 9 heteroatoms. The number of ether oxygens (including phenoxy) is 1. The number of methoxy groups -OCH3 is 1. The van der Waals surface area contributed by atoms with Crippen molar-refractivity contribution in [1.82, 2.24) is 14.9 Å². The van der Waals surface area contributed by atoms with Crippen molar-refractivity contribution in [1.29, 1.82) is 0 Å². The molecule has 0 amide bonds. The number of aryl methyl sites for hydroxylation is 1. The fourth-order valence-corrected chi connectivity index (χ4v) is 3.20. The maximum absolute atomic E-state index is 12.2. The minimum absolute atomic E-state index is 0.0367. The lowest BCUT2D eigenvalue weighted by atomic mass is 10.3. The molecular formula is C11H12BrN3O4S. The lowest BCUT2D eigenvalue weighted by molar-refractivity contribution is 0.386. The van der Waals surface area contributed by atoms with Crippen molar-refractivity contribution in [2.45, 2.75) is 18.4 Å². The van der Waals surface area contributed by atoms with Crippen LogP contribution in [0, 0.1) is 6.92 Å². The average molecular weight is 362 g/mol. The van der Waals surface area contributed by atoms with Crippen LogP contribution in [0.2, 0.25) is 0 Å². The molecule has 108 valence electrons. The zero-order valence-electron chi connectivity index (χ0n) is 10.8. The highest BCUT2D eigenvalue weighted by molar-refractivity contribution is 9.10. The molecule has 1 heterocycles. The van der Waals surface area contributed by atoms with Crippen LogP contribution in [0.5, 0.6) is 5.75 Å². The topological polar surface area (TPSA) is 94.3 Å². The van der Waals surface area contributed by atoms with Gasteiger partial charge in [0, 0.05) is 11.4 Å². The zero-order valence-corrected chi connectivity index (χ0v) is 13.2. The summed E-state index contributed by atoms with van der Waals surface area (Å²) in [7, 11) is -2.33. The first-order valence-electron chi connectivity index (χ1n) is 5.55. The Hall–Kier alpha value is -1.45. The first-order chi connectivity index (χ1) is 9.42. The third-order valence-electron chi connectivity index (χ3n) is 2.41. The number of nitrogens with one attached hydrogen (secondary N) is 1. The summed E-state index contributed by atoms with van der Waals surface area (Å²) < 4.78 is 37.3. The van der Waals surface area contributed by atoms with Crippen molar-refractivity contribution >= 4 is 26.0 Å². The van der Waals surface area contributed by atoms with Crippen LogP contribution in [0.1, 0.15) is 11.7 Å². The normalized spacial score (nSPS) is 11.6. The van der Waals surface area contributed by atoms with Crippen LogP contribution in [0.3, 0.4) is 0 Å². The largest absolute Gasteiger partial charge is 0.495 e. The van der Waals surface area contributed by atoms with Gasteiger partial charge in [-0.05, 0) is 18.2 Å². The van der Waals surface area contributed by atoms with Crippen molar-refractivity contribution in [3.63, 3.8) is 0 Å². The van der Waals surface area contributed by atoms with E-state index in [0.717, 1.165) is 0 Å². The second-order valence-corrected chi connectivity index (χ2v) is 6.50. The van der Waals surface area contributed by atoms with Gasteiger partial charge in [0.25, 0.3) is 0 Å². The number of hydrogen-bond acceptors (Lipinski definition) is 6. The Bertz CT molecular complexity index is 714. The maximum Gasteiger partial charge on any atom is 0.244 e. The van der Waals surface area contributed by atoms with Crippen LogP contribution in [0.15, 0.2) is 32.1 Å². The molecular weight excluding hydrogens is 350 g/mol. The average Bonchev–Trinajstić information content (AvgIpc) is 2.82. The molecule has 0 aliphatic carbocycles. The lowest BCUT2D eigenvalue weighted by Gasteiger charge is -2.10. The first kappa shape index (κ1) is 14.9. The van der Waals surface area contributed by atoms with Gasteiger partial charge in [0.15, 0.2) is 5.82 Å². The van der Waals surface area contributed by atoms with Gasteiger partial charge in [-0.25, -0.2) is 13.1 Å². The van der Waals surface area contributed by atoms with Crippen molar-refractivity contribution < 1.29 is 17.7 Å². The number of rotatable bonds is 5. The Morgan fingerprint density at radius 1 is 1.45 bits per heavy atom. The van der Waals surface area contributed by atoms with E-state index in [9.17, 15) is 8.42 Å². The molecule has 2 aromatic rings. The predicted octanol–water partition coefficient (Wildman–Crippen LogP) is 1.63. The van der Waals surface area contributed by atoms with Gasteiger partial charge in [-0.3, -0.25) is 0 Å². The van der Waals surface area contributed by atoms with Crippen molar-refractivity contribution in [3.8, 4) is 5.75 Å². The van der Waals surface area contributed by atoms with E-state index in [1.54, 1.807) is 19.1 Å². The van der Waals surface area contributed by atoms with Crippen molar-refractivity contribution in [2.75, 3.05) is 7.11 Å². The molecule has 0 saturated heterocycles. The molecule has 0 aliphatic heterocycles. The highest BCUT2D eigenvalue weighted by Gasteiger charge is 2.20. The third kappa shape index (κ3) is 3.35. The maximum atomic E-state index is 12.2. The smallest absolute Gasteiger partial charge is 0.244 e. The number of aromatic nitrogens is 2. The van der Waals surface area contributed by atoms with Crippen LogP contribution >= 0.6 is 15.9 Å². The van der Waals surface area contributed by atoms with E-state index in [0.29, 0.717) is 10.4 Å². The standard InChI is InChI=1S/C11H12BrN3O4S/c1-7-14-11(15-19-7)6-13-20(16,17)10-5-8(12)3-4-9(10)18-2/h3-5,13H,6H2,1-2H3. The lowest BCUT2D eigenvalue weighted by Crippen LogP contribution is -2.24. The minimum Gasteiger partial charge on any atom is -0.495 e. The van der Waals surface area contributed by atoms with Crippen molar-refractivity contribution in [3.05, 3.63) is 34.4 Å². The van der Waals surface area contributed by atoms with E-state index in [2.05, 4.69) is 30.8 Å². The van der Waals surface area contributed by atoms with Crippen LogP contribution in [0.4, 0.5) is 0 Å². The molecule has 1 aromatic carbocycles. The number of halogens is 1. The summed E-state index contributed by atoms with van der Waals surface area (Å²) in [5.74, 6) is 0.893. The fraction of sp³-hybridized carbons (Fsp3) is 0.273. The first-order valence-corrected chi connectivity index (χ1v) is 7.82. The van der Waals surface area contributed by atoms with E-state index in [1.807, 2.05) is 0 Å². The number of nitrogens with zero attached hydrogens (tertiary/aromatic N) is 2. The highest BCUT2D eigenvalue weighted by atomic mass is 79.9. The molecule has 0 unspecified atom stereocenters. The second kappa shape index (κ2) is 5.90. The Labute approximate surface area is 124 Å². The van der Waals surface area contributed by atoms with Gasteiger partial charge in [-0.2, -0.15) is 4.98 Å². The summed E-state index contributed by atoms with van der Waals surface area (Å²) in [4.78, 5) is 3.96. The highest BCUT2D eigenvalue weighted by Crippen LogP contribution is 2.27. The molecule has 0 radical (unpaired) electrons. The molecule has 7 nitrogen and oxygen atoms in total.